The average Bonchev–Trinajstić information content (AvgIpc) is 3.58. The van der Waals surface area contributed by atoms with E-state index in [0.29, 0.717) is 6.42 Å². The molecule has 1 saturated heterocycles. The Hall–Kier alpha value is -3.41. The lowest BCUT2D eigenvalue weighted by molar-refractivity contribution is -0.174. The number of hydrogen-bond donors (Lipinski definition) is 0. The molecular formula is C32H34O6. The molecule has 0 spiro atoms. The molecule has 2 bridgehead atoms. The summed E-state index contributed by atoms with van der Waals surface area (Å²) >= 11 is 0. The van der Waals surface area contributed by atoms with Gasteiger partial charge < -0.3 is 14.2 Å². The summed E-state index contributed by atoms with van der Waals surface area (Å²) in [5, 5.41) is 0. The van der Waals surface area contributed by atoms with Gasteiger partial charge in [0.05, 0.1) is 17.3 Å². The Labute approximate surface area is 223 Å². The number of ether oxygens (including phenoxy) is 3. The van der Waals surface area contributed by atoms with Gasteiger partial charge in [-0.1, -0.05) is 74.0 Å². The zero-order valence-electron chi connectivity index (χ0n) is 22.5. The third-order valence-corrected chi connectivity index (χ3v) is 9.30. The zero-order valence-corrected chi connectivity index (χ0v) is 22.5. The number of allylic oxidation sites excluding steroid dienone is 1. The average molecular weight is 515 g/mol. The maximum Gasteiger partial charge on any atom is 0.316 e. The van der Waals surface area contributed by atoms with Crippen molar-refractivity contribution in [2.45, 2.75) is 59.4 Å². The van der Waals surface area contributed by atoms with Gasteiger partial charge in [-0.15, -0.1) is 0 Å². The van der Waals surface area contributed by atoms with Crippen LogP contribution >= 0.6 is 0 Å². The second-order valence-corrected chi connectivity index (χ2v) is 12.0. The van der Waals surface area contributed by atoms with Gasteiger partial charge in [-0.05, 0) is 44.2 Å². The molecule has 38 heavy (non-hydrogen) atoms. The maximum atomic E-state index is 13.8. The number of carbonyl (C=O) groups excluding carboxylic acids is 3. The van der Waals surface area contributed by atoms with Crippen LogP contribution in [0.1, 0.15) is 58.3 Å². The normalized spacial score (nSPS) is 29.9. The third-order valence-electron chi connectivity index (χ3n) is 9.30. The molecule has 1 aliphatic heterocycles. The molecule has 3 aliphatic carbocycles. The van der Waals surface area contributed by atoms with Crippen molar-refractivity contribution in [3.05, 3.63) is 71.3 Å². The molecule has 6 heteroatoms. The molecule has 0 aromatic heterocycles. The van der Waals surface area contributed by atoms with Gasteiger partial charge in [0.15, 0.2) is 6.10 Å². The van der Waals surface area contributed by atoms with Crippen molar-refractivity contribution in [1.82, 2.24) is 0 Å². The molecule has 2 aromatic carbocycles. The van der Waals surface area contributed by atoms with Crippen LogP contribution < -0.4 is 0 Å². The smallest absolute Gasteiger partial charge is 0.316 e. The fourth-order valence-electron chi connectivity index (χ4n) is 7.21. The standard InChI is InChI=1S/C32H34O6/c1-16(2)15-32(5,17(3)4)31(35)38-28-23-14-22-24(30(34)37-27(22)28)25(23)29(33)36-26-20-12-8-6-10-18(20)19-11-7-9-13-21(19)26/h6-13,15,17,22-28H,14H2,1-5H3. The second kappa shape index (κ2) is 8.82. The minimum Gasteiger partial charge on any atom is -0.458 e. The number of benzene rings is 2. The topological polar surface area (TPSA) is 78.9 Å². The molecule has 2 saturated carbocycles. The van der Waals surface area contributed by atoms with Crippen LogP contribution in [-0.4, -0.2) is 30.1 Å². The van der Waals surface area contributed by atoms with E-state index in [1.54, 1.807) is 0 Å². The van der Waals surface area contributed by atoms with E-state index in [-0.39, 0.29) is 29.7 Å². The minimum absolute atomic E-state index is 0.00522. The van der Waals surface area contributed by atoms with Crippen molar-refractivity contribution in [2.75, 3.05) is 0 Å². The molecule has 198 valence electrons. The summed E-state index contributed by atoms with van der Waals surface area (Å²) in [7, 11) is 0. The quantitative estimate of drug-likeness (QED) is 0.282. The first-order valence-corrected chi connectivity index (χ1v) is 13.6. The van der Waals surface area contributed by atoms with Crippen LogP contribution in [0.2, 0.25) is 0 Å². The molecule has 6 rings (SSSR count). The highest BCUT2D eigenvalue weighted by Gasteiger charge is 2.70. The Kier molecular flexibility index (Phi) is 5.78. The predicted molar refractivity (Wildman–Crippen MR) is 141 cm³/mol. The third kappa shape index (κ3) is 3.56. The number of fused-ring (bicyclic) bond motifs is 4. The van der Waals surface area contributed by atoms with Crippen LogP contribution in [0.25, 0.3) is 11.1 Å². The van der Waals surface area contributed by atoms with Gasteiger partial charge in [-0.2, -0.15) is 0 Å². The van der Waals surface area contributed by atoms with E-state index in [1.807, 2.05) is 89.2 Å². The number of rotatable bonds is 6. The Morgan fingerprint density at radius 3 is 2.16 bits per heavy atom. The zero-order chi connectivity index (χ0) is 26.9. The highest BCUT2D eigenvalue weighted by molar-refractivity contribution is 5.88. The first-order chi connectivity index (χ1) is 18.1. The summed E-state index contributed by atoms with van der Waals surface area (Å²) in [5.74, 6) is -2.85. The first kappa shape index (κ1) is 24.9. The van der Waals surface area contributed by atoms with E-state index in [4.69, 9.17) is 14.2 Å². The lowest BCUT2D eigenvalue weighted by atomic mass is 9.76. The molecule has 0 radical (unpaired) electrons. The van der Waals surface area contributed by atoms with Crippen LogP contribution in [0, 0.1) is 35.0 Å². The van der Waals surface area contributed by atoms with Crippen LogP contribution in [0.15, 0.2) is 60.2 Å². The van der Waals surface area contributed by atoms with Crippen LogP contribution in [0.4, 0.5) is 0 Å². The van der Waals surface area contributed by atoms with E-state index >= 15 is 0 Å². The highest BCUT2D eigenvalue weighted by atomic mass is 16.6. The number of carbonyl (C=O) groups is 3. The van der Waals surface area contributed by atoms with Crippen LogP contribution in [-0.2, 0) is 28.6 Å². The fourth-order valence-corrected chi connectivity index (χ4v) is 7.21. The number of hydrogen-bond acceptors (Lipinski definition) is 6. The molecule has 0 N–H and O–H groups in total. The summed E-state index contributed by atoms with van der Waals surface area (Å²) in [6, 6.07) is 15.9. The van der Waals surface area contributed by atoms with E-state index in [9.17, 15) is 14.4 Å². The Bertz CT molecular complexity index is 1310. The lowest BCUT2D eigenvalue weighted by Gasteiger charge is -2.35. The van der Waals surface area contributed by atoms with Crippen molar-refractivity contribution < 1.29 is 28.6 Å². The predicted octanol–water partition coefficient (Wildman–Crippen LogP) is 5.65. The molecule has 3 fully saturated rings. The Morgan fingerprint density at radius 1 is 0.974 bits per heavy atom. The van der Waals surface area contributed by atoms with Crippen LogP contribution in [0.3, 0.4) is 0 Å². The molecule has 7 atom stereocenters. The molecule has 2 aromatic rings. The molecule has 7 unspecified atom stereocenters. The van der Waals surface area contributed by atoms with Crippen molar-refractivity contribution in [3.63, 3.8) is 0 Å². The fraction of sp³-hybridized carbons (Fsp3) is 0.469. The second-order valence-electron chi connectivity index (χ2n) is 12.0. The van der Waals surface area contributed by atoms with Crippen LogP contribution in [0.5, 0.6) is 0 Å². The van der Waals surface area contributed by atoms with E-state index in [1.165, 1.54) is 0 Å². The van der Waals surface area contributed by atoms with E-state index < -0.39 is 41.5 Å². The molecular weight excluding hydrogens is 480 g/mol. The molecule has 0 amide bonds. The van der Waals surface area contributed by atoms with Gasteiger partial charge in [0.2, 0.25) is 0 Å². The first-order valence-electron chi connectivity index (χ1n) is 13.6. The number of esters is 3. The maximum absolute atomic E-state index is 13.8. The summed E-state index contributed by atoms with van der Waals surface area (Å²) in [4.78, 5) is 40.3. The van der Waals surface area contributed by atoms with Gasteiger partial charge in [-0.3, -0.25) is 14.4 Å². The van der Waals surface area contributed by atoms with Crippen molar-refractivity contribution in [3.8, 4) is 11.1 Å². The minimum atomic E-state index is -0.823. The summed E-state index contributed by atoms with van der Waals surface area (Å²) in [5.41, 5.74) is 4.18. The SMILES string of the molecule is CC(C)=CC(C)(C(=O)OC1C2CC3C1OC(=O)C3C2C(=O)OC1c2ccccc2-c2ccccc21)C(C)C. The monoisotopic (exact) mass is 514 g/mol. The molecule has 6 nitrogen and oxygen atoms in total. The van der Waals surface area contributed by atoms with Gasteiger partial charge in [0.1, 0.15) is 12.2 Å². The van der Waals surface area contributed by atoms with Gasteiger partial charge in [0, 0.05) is 23.0 Å². The summed E-state index contributed by atoms with van der Waals surface area (Å²) in [6.07, 6.45) is 0.862. The molecule has 1 heterocycles. The van der Waals surface area contributed by atoms with E-state index in [2.05, 4.69) is 0 Å². The lowest BCUT2D eigenvalue weighted by Crippen LogP contribution is -2.46. The van der Waals surface area contributed by atoms with Crippen molar-refractivity contribution >= 4 is 17.9 Å². The Balaban J connectivity index is 1.28. The molecule has 4 aliphatic rings. The van der Waals surface area contributed by atoms with Gasteiger partial charge in [0.25, 0.3) is 0 Å². The summed E-state index contributed by atoms with van der Waals surface area (Å²) < 4.78 is 18.1. The largest absolute Gasteiger partial charge is 0.458 e. The van der Waals surface area contributed by atoms with Gasteiger partial charge >= 0.3 is 17.9 Å². The van der Waals surface area contributed by atoms with Crippen molar-refractivity contribution in [2.24, 2.45) is 35.0 Å². The summed E-state index contributed by atoms with van der Waals surface area (Å²) in [6.45, 7) is 9.78. The van der Waals surface area contributed by atoms with E-state index in [0.717, 1.165) is 27.8 Å². The van der Waals surface area contributed by atoms with Crippen molar-refractivity contribution in [1.29, 1.82) is 0 Å². The Morgan fingerprint density at radius 2 is 1.58 bits per heavy atom. The highest BCUT2D eigenvalue weighted by Crippen LogP contribution is 2.60. The van der Waals surface area contributed by atoms with Gasteiger partial charge in [-0.25, -0.2) is 0 Å².